The van der Waals surface area contributed by atoms with Gasteiger partial charge in [0.05, 0.1) is 12.5 Å². The molecule has 0 saturated heterocycles. The number of ether oxygens (including phenoxy) is 1. The first-order chi connectivity index (χ1) is 10.1. The first-order valence-electron chi connectivity index (χ1n) is 7.35. The summed E-state index contributed by atoms with van der Waals surface area (Å²) < 4.78 is 5.14. The maximum absolute atomic E-state index is 12.0. The molecule has 0 radical (unpaired) electrons. The van der Waals surface area contributed by atoms with Gasteiger partial charge < -0.3 is 15.8 Å². The van der Waals surface area contributed by atoms with Crippen LogP contribution in [-0.4, -0.2) is 32.2 Å². The fourth-order valence-corrected chi connectivity index (χ4v) is 2.91. The van der Waals surface area contributed by atoms with E-state index in [4.69, 9.17) is 22.1 Å². The van der Waals surface area contributed by atoms with Crippen LogP contribution in [0.2, 0.25) is 5.02 Å². The van der Waals surface area contributed by atoms with Crippen LogP contribution < -0.4 is 11.1 Å². The first-order valence-corrected chi connectivity index (χ1v) is 7.73. The van der Waals surface area contributed by atoms with Gasteiger partial charge in [0.2, 0.25) is 5.91 Å². The van der Waals surface area contributed by atoms with E-state index in [1.165, 1.54) is 12.0 Å². The van der Waals surface area contributed by atoms with Gasteiger partial charge in [0, 0.05) is 30.6 Å². The molecule has 0 spiro atoms. The van der Waals surface area contributed by atoms with E-state index in [2.05, 4.69) is 17.4 Å². The van der Waals surface area contributed by atoms with Crippen molar-refractivity contribution in [3.05, 3.63) is 34.9 Å². The smallest absolute Gasteiger partial charge is 0.222 e. The summed E-state index contributed by atoms with van der Waals surface area (Å²) in [5, 5.41) is 3.77. The summed E-state index contributed by atoms with van der Waals surface area (Å²) in [6.07, 6.45) is 3.49. The number of amides is 1. The van der Waals surface area contributed by atoms with E-state index in [0.29, 0.717) is 19.5 Å². The number of rotatable bonds is 7. The van der Waals surface area contributed by atoms with Crippen LogP contribution in [0.25, 0.3) is 0 Å². The topological polar surface area (TPSA) is 64.3 Å². The van der Waals surface area contributed by atoms with Crippen molar-refractivity contribution in [2.75, 3.05) is 20.2 Å². The maximum Gasteiger partial charge on any atom is 0.222 e. The highest BCUT2D eigenvalue weighted by Gasteiger charge is 2.38. The third-order valence-electron chi connectivity index (χ3n) is 4.40. The molecule has 1 atom stereocenters. The van der Waals surface area contributed by atoms with Gasteiger partial charge in [-0.05, 0) is 30.5 Å². The second-order valence-electron chi connectivity index (χ2n) is 5.72. The monoisotopic (exact) mass is 346 g/mol. The minimum atomic E-state index is -0.210. The lowest BCUT2D eigenvalue weighted by molar-refractivity contribution is -0.123. The zero-order valence-electron chi connectivity index (χ0n) is 12.8. The molecule has 4 nitrogen and oxygen atoms in total. The van der Waals surface area contributed by atoms with Crippen LogP contribution in [0.5, 0.6) is 0 Å². The van der Waals surface area contributed by atoms with Crippen LogP contribution in [0.4, 0.5) is 0 Å². The molecule has 2 rings (SSSR count). The summed E-state index contributed by atoms with van der Waals surface area (Å²) in [6.45, 7) is 1.01. The van der Waals surface area contributed by atoms with Gasteiger partial charge in [-0.25, -0.2) is 0 Å². The lowest BCUT2D eigenvalue weighted by atomic mass is 9.64. The lowest BCUT2D eigenvalue weighted by Gasteiger charge is -2.42. The van der Waals surface area contributed by atoms with Crippen molar-refractivity contribution in [1.82, 2.24) is 5.32 Å². The standard InChI is InChI=1S/C16H23ClN2O2.ClH/c1-21-14(10-18)9-15(20)19-11-16(7-2-8-16)12-3-5-13(17)6-4-12;/h3-6,14H,2,7-11,18H2,1H3,(H,19,20);1H. The molecular weight excluding hydrogens is 323 g/mol. The van der Waals surface area contributed by atoms with Crippen molar-refractivity contribution in [3.63, 3.8) is 0 Å². The van der Waals surface area contributed by atoms with E-state index < -0.39 is 0 Å². The summed E-state index contributed by atoms with van der Waals surface area (Å²) >= 11 is 5.94. The van der Waals surface area contributed by atoms with Crippen molar-refractivity contribution in [1.29, 1.82) is 0 Å². The fraction of sp³-hybridized carbons (Fsp3) is 0.562. The van der Waals surface area contributed by atoms with E-state index in [9.17, 15) is 4.79 Å². The third-order valence-corrected chi connectivity index (χ3v) is 4.65. The van der Waals surface area contributed by atoms with Crippen molar-refractivity contribution >= 4 is 29.9 Å². The molecule has 1 aliphatic rings. The molecule has 0 aromatic heterocycles. The Hall–Kier alpha value is -0.810. The Kier molecular flexibility index (Phi) is 7.63. The summed E-state index contributed by atoms with van der Waals surface area (Å²) in [4.78, 5) is 12.0. The normalized spacial score (nSPS) is 17.0. The van der Waals surface area contributed by atoms with E-state index in [-0.39, 0.29) is 29.8 Å². The maximum atomic E-state index is 12.0. The molecule has 1 fully saturated rings. The van der Waals surface area contributed by atoms with Gasteiger partial charge in [0.25, 0.3) is 0 Å². The van der Waals surface area contributed by atoms with E-state index in [1.54, 1.807) is 7.11 Å². The number of methoxy groups -OCH3 is 1. The summed E-state index contributed by atoms with van der Waals surface area (Å²) in [7, 11) is 1.58. The molecule has 1 unspecified atom stereocenters. The number of carbonyl (C=O) groups is 1. The van der Waals surface area contributed by atoms with E-state index in [1.807, 2.05) is 12.1 Å². The zero-order valence-corrected chi connectivity index (χ0v) is 14.4. The average molecular weight is 347 g/mol. The van der Waals surface area contributed by atoms with E-state index in [0.717, 1.165) is 17.9 Å². The van der Waals surface area contributed by atoms with Crippen molar-refractivity contribution < 1.29 is 9.53 Å². The number of nitrogens with two attached hydrogens (primary N) is 1. The summed E-state index contributed by atoms with van der Waals surface area (Å²) in [5.41, 5.74) is 6.85. The molecule has 3 N–H and O–H groups in total. The van der Waals surface area contributed by atoms with Gasteiger partial charge in [-0.15, -0.1) is 12.4 Å². The Bertz CT molecular complexity index is 472. The van der Waals surface area contributed by atoms with Crippen LogP contribution in [0.15, 0.2) is 24.3 Å². The van der Waals surface area contributed by atoms with Crippen molar-refractivity contribution in [2.24, 2.45) is 5.73 Å². The second kappa shape index (κ2) is 8.73. The molecule has 0 aliphatic heterocycles. The Morgan fingerprint density at radius 1 is 1.41 bits per heavy atom. The predicted molar refractivity (Wildman–Crippen MR) is 91.7 cm³/mol. The fourth-order valence-electron chi connectivity index (χ4n) is 2.78. The molecule has 1 aromatic rings. The van der Waals surface area contributed by atoms with Gasteiger partial charge in [-0.2, -0.15) is 0 Å². The van der Waals surface area contributed by atoms with Crippen LogP contribution >= 0.6 is 24.0 Å². The molecule has 0 bridgehead atoms. The van der Waals surface area contributed by atoms with Crippen LogP contribution in [0.1, 0.15) is 31.2 Å². The average Bonchev–Trinajstić information content (AvgIpc) is 2.45. The number of hydrogen-bond donors (Lipinski definition) is 2. The second-order valence-corrected chi connectivity index (χ2v) is 6.15. The number of halogens is 2. The lowest BCUT2D eigenvalue weighted by Crippen LogP contribution is -2.46. The van der Waals surface area contributed by atoms with Crippen LogP contribution in [0.3, 0.4) is 0 Å². The van der Waals surface area contributed by atoms with Gasteiger partial charge in [0.15, 0.2) is 0 Å². The molecule has 1 amide bonds. The minimum absolute atomic E-state index is 0. The molecular formula is C16H24Cl2N2O2. The van der Waals surface area contributed by atoms with Gasteiger partial charge >= 0.3 is 0 Å². The highest BCUT2D eigenvalue weighted by atomic mass is 35.5. The van der Waals surface area contributed by atoms with Gasteiger partial charge in [0.1, 0.15) is 0 Å². The molecule has 1 aromatic carbocycles. The Morgan fingerprint density at radius 3 is 2.50 bits per heavy atom. The molecule has 124 valence electrons. The van der Waals surface area contributed by atoms with Gasteiger partial charge in [-0.3, -0.25) is 4.79 Å². The quantitative estimate of drug-likeness (QED) is 0.797. The molecule has 6 heteroatoms. The first kappa shape index (κ1) is 19.2. The van der Waals surface area contributed by atoms with Crippen molar-refractivity contribution in [3.8, 4) is 0 Å². The van der Waals surface area contributed by atoms with E-state index >= 15 is 0 Å². The summed E-state index contributed by atoms with van der Waals surface area (Å²) in [5.74, 6) is -0.00691. The molecule has 1 aliphatic carbocycles. The molecule has 22 heavy (non-hydrogen) atoms. The minimum Gasteiger partial charge on any atom is -0.380 e. The number of carbonyl (C=O) groups excluding carboxylic acids is 1. The number of hydrogen-bond acceptors (Lipinski definition) is 3. The van der Waals surface area contributed by atoms with Gasteiger partial charge in [-0.1, -0.05) is 30.2 Å². The Labute approximate surface area is 143 Å². The highest BCUT2D eigenvalue weighted by Crippen LogP contribution is 2.43. The SMILES string of the molecule is COC(CN)CC(=O)NCC1(c2ccc(Cl)cc2)CCC1.Cl. The number of nitrogens with one attached hydrogen (secondary N) is 1. The Morgan fingerprint density at radius 2 is 2.05 bits per heavy atom. The van der Waals surface area contributed by atoms with Crippen LogP contribution in [-0.2, 0) is 14.9 Å². The molecule has 0 heterocycles. The zero-order chi connectivity index (χ0) is 15.3. The molecule has 1 saturated carbocycles. The van der Waals surface area contributed by atoms with Crippen LogP contribution in [0, 0.1) is 0 Å². The largest absolute Gasteiger partial charge is 0.380 e. The van der Waals surface area contributed by atoms with Crippen molar-refractivity contribution in [2.45, 2.75) is 37.2 Å². The Balaban J connectivity index is 0.00000242. The number of benzene rings is 1. The predicted octanol–water partition coefficient (Wildman–Crippen LogP) is 2.66. The third kappa shape index (κ3) is 4.59. The highest BCUT2D eigenvalue weighted by molar-refractivity contribution is 6.30. The summed E-state index contributed by atoms with van der Waals surface area (Å²) in [6, 6.07) is 7.94.